The predicted octanol–water partition coefficient (Wildman–Crippen LogP) is 1.85. The fourth-order valence-corrected chi connectivity index (χ4v) is 2.27. The van der Waals surface area contributed by atoms with Gasteiger partial charge in [0.15, 0.2) is 0 Å². The molecule has 0 saturated carbocycles. The summed E-state index contributed by atoms with van der Waals surface area (Å²) in [6, 6.07) is 0.232. The van der Waals surface area contributed by atoms with Crippen LogP contribution < -0.4 is 5.32 Å². The zero-order chi connectivity index (χ0) is 13.0. The normalized spacial score (nSPS) is 14.9. The molecule has 0 aliphatic heterocycles. The molecule has 0 aromatic carbocycles. The van der Waals surface area contributed by atoms with E-state index in [1.165, 1.54) is 11.3 Å². The van der Waals surface area contributed by atoms with Gasteiger partial charge in [0.25, 0.3) is 0 Å². The highest BCUT2D eigenvalue weighted by molar-refractivity contribution is 5.27. The van der Waals surface area contributed by atoms with Crippen LogP contribution in [0.4, 0.5) is 0 Å². The first-order valence-electron chi connectivity index (χ1n) is 6.38. The summed E-state index contributed by atoms with van der Waals surface area (Å²) >= 11 is 0. The summed E-state index contributed by atoms with van der Waals surface area (Å²) in [6.45, 7) is 8.96. The summed E-state index contributed by atoms with van der Waals surface area (Å²) < 4.78 is 1.91. The van der Waals surface area contributed by atoms with E-state index >= 15 is 0 Å². The van der Waals surface area contributed by atoms with E-state index in [0.717, 1.165) is 18.5 Å². The van der Waals surface area contributed by atoms with Gasteiger partial charge in [-0.3, -0.25) is 4.68 Å². The second kappa shape index (κ2) is 6.17. The quantitative estimate of drug-likeness (QED) is 0.796. The Morgan fingerprint density at radius 2 is 2.06 bits per heavy atom. The minimum atomic E-state index is -0.250. The molecule has 0 amide bonds. The third-order valence-corrected chi connectivity index (χ3v) is 3.28. The molecule has 1 aromatic rings. The van der Waals surface area contributed by atoms with Crippen LogP contribution in [-0.2, 0) is 7.05 Å². The van der Waals surface area contributed by atoms with Crippen LogP contribution in [-0.4, -0.2) is 27.5 Å². The van der Waals surface area contributed by atoms with E-state index in [1.807, 2.05) is 18.7 Å². The predicted molar refractivity (Wildman–Crippen MR) is 70.0 cm³/mol. The van der Waals surface area contributed by atoms with E-state index in [2.05, 4.69) is 31.2 Å². The van der Waals surface area contributed by atoms with Crippen molar-refractivity contribution in [1.29, 1.82) is 0 Å². The van der Waals surface area contributed by atoms with Gasteiger partial charge in [0.1, 0.15) is 0 Å². The van der Waals surface area contributed by atoms with Gasteiger partial charge in [-0.05, 0) is 27.2 Å². The van der Waals surface area contributed by atoms with Crippen LogP contribution in [0.5, 0.6) is 0 Å². The minimum absolute atomic E-state index is 0.232. The summed E-state index contributed by atoms with van der Waals surface area (Å²) in [4.78, 5) is 0. The maximum absolute atomic E-state index is 9.71. The molecule has 0 spiro atoms. The van der Waals surface area contributed by atoms with Gasteiger partial charge < -0.3 is 10.4 Å². The maximum Gasteiger partial charge on any atom is 0.0664 e. The topological polar surface area (TPSA) is 50.1 Å². The monoisotopic (exact) mass is 239 g/mol. The summed E-state index contributed by atoms with van der Waals surface area (Å²) in [5, 5.41) is 17.5. The molecule has 2 N–H and O–H groups in total. The van der Waals surface area contributed by atoms with Crippen molar-refractivity contribution in [1.82, 2.24) is 15.1 Å². The lowest BCUT2D eigenvalue weighted by Gasteiger charge is -2.17. The Kier molecular flexibility index (Phi) is 5.15. The summed E-state index contributed by atoms with van der Waals surface area (Å²) in [5.74, 6) is 0. The standard InChI is InChI=1S/C13H25N3O/c1-6-7-12(17)8-14-9(2)13-10(3)15-16(5)11(13)4/h9,12,14,17H,6-8H2,1-5H3. The van der Waals surface area contributed by atoms with Crippen molar-refractivity contribution < 1.29 is 5.11 Å². The first-order valence-corrected chi connectivity index (χ1v) is 6.38. The molecule has 0 aliphatic carbocycles. The SMILES string of the molecule is CCCC(O)CNC(C)c1c(C)nn(C)c1C. The number of hydrogen-bond acceptors (Lipinski definition) is 3. The van der Waals surface area contributed by atoms with Crippen LogP contribution in [0.2, 0.25) is 0 Å². The molecule has 4 nitrogen and oxygen atoms in total. The fourth-order valence-electron chi connectivity index (χ4n) is 2.27. The van der Waals surface area contributed by atoms with Crippen LogP contribution in [0.25, 0.3) is 0 Å². The number of nitrogens with one attached hydrogen (secondary N) is 1. The van der Waals surface area contributed by atoms with E-state index in [-0.39, 0.29) is 12.1 Å². The van der Waals surface area contributed by atoms with Crippen molar-refractivity contribution in [3.05, 3.63) is 17.0 Å². The maximum atomic E-state index is 9.71. The lowest BCUT2D eigenvalue weighted by Crippen LogP contribution is -2.29. The molecule has 0 fully saturated rings. The minimum Gasteiger partial charge on any atom is -0.392 e. The third-order valence-electron chi connectivity index (χ3n) is 3.28. The number of aryl methyl sites for hydroxylation is 2. The van der Waals surface area contributed by atoms with Crippen LogP contribution in [0.3, 0.4) is 0 Å². The van der Waals surface area contributed by atoms with Crippen molar-refractivity contribution in [2.45, 2.75) is 52.7 Å². The largest absolute Gasteiger partial charge is 0.392 e. The Bertz CT molecular complexity index is 360. The van der Waals surface area contributed by atoms with Gasteiger partial charge in [-0.1, -0.05) is 13.3 Å². The molecule has 1 aromatic heterocycles. The Morgan fingerprint density at radius 1 is 1.41 bits per heavy atom. The van der Waals surface area contributed by atoms with E-state index in [9.17, 15) is 5.11 Å². The number of aliphatic hydroxyl groups excluding tert-OH is 1. The highest BCUT2D eigenvalue weighted by atomic mass is 16.3. The van der Waals surface area contributed by atoms with Crippen molar-refractivity contribution in [2.75, 3.05) is 6.54 Å². The molecule has 4 heteroatoms. The fraction of sp³-hybridized carbons (Fsp3) is 0.769. The van der Waals surface area contributed by atoms with Crippen LogP contribution in [0, 0.1) is 13.8 Å². The number of rotatable bonds is 6. The third kappa shape index (κ3) is 3.54. The molecule has 17 heavy (non-hydrogen) atoms. The molecule has 98 valence electrons. The lowest BCUT2D eigenvalue weighted by molar-refractivity contribution is 0.157. The highest BCUT2D eigenvalue weighted by Crippen LogP contribution is 2.20. The van der Waals surface area contributed by atoms with Crippen molar-refractivity contribution in [3.8, 4) is 0 Å². The van der Waals surface area contributed by atoms with Gasteiger partial charge in [0.05, 0.1) is 11.8 Å². The van der Waals surface area contributed by atoms with E-state index in [4.69, 9.17) is 0 Å². The van der Waals surface area contributed by atoms with Crippen molar-refractivity contribution in [2.24, 2.45) is 7.05 Å². The number of nitrogens with zero attached hydrogens (tertiary/aromatic N) is 2. The molecule has 0 radical (unpaired) electrons. The second-order valence-corrected chi connectivity index (χ2v) is 4.78. The Labute approximate surface area is 104 Å². The average Bonchev–Trinajstić information content (AvgIpc) is 2.50. The van der Waals surface area contributed by atoms with Gasteiger partial charge >= 0.3 is 0 Å². The van der Waals surface area contributed by atoms with E-state index in [1.54, 1.807) is 0 Å². The van der Waals surface area contributed by atoms with Crippen molar-refractivity contribution >= 4 is 0 Å². The molecular weight excluding hydrogens is 214 g/mol. The summed E-state index contributed by atoms with van der Waals surface area (Å²) in [7, 11) is 1.96. The Balaban J connectivity index is 2.61. The van der Waals surface area contributed by atoms with Crippen molar-refractivity contribution in [3.63, 3.8) is 0 Å². The first kappa shape index (κ1) is 14.2. The van der Waals surface area contributed by atoms with Gasteiger partial charge in [0, 0.05) is 30.9 Å². The first-order chi connectivity index (χ1) is 7.97. The van der Waals surface area contributed by atoms with Gasteiger partial charge in [0.2, 0.25) is 0 Å². The molecule has 1 heterocycles. The molecule has 2 atom stereocenters. The smallest absolute Gasteiger partial charge is 0.0664 e. The van der Waals surface area contributed by atoms with E-state index in [0.29, 0.717) is 6.54 Å². The average molecular weight is 239 g/mol. The van der Waals surface area contributed by atoms with Gasteiger partial charge in [-0.2, -0.15) is 5.10 Å². The van der Waals surface area contributed by atoms with Crippen LogP contribution >= 0.6 is 0 Å². The molecule has 0 saturated heterocycles. The molecule has 1 rings (SSSR count). The van der Waals surface area contributed by atoms with E-state index < -0.39 is 0 Å². The van der Waals surface area contributed by atoms with Crippen LogP contribution in [0.1, 0.15) is 49.7 Å². The molecular formula is C13H25N3O. The van der Waals surface area contributed by atoms with Gasteiger partial charge in [-0.25, -0.2) is 0 Å². The number of aromatic nitrogens is 2. The highest BCUT2D eigenvalue weighted by Gasteiger charge is 2.16. The summed E-state index contributed by atoms with van der Waals surface area (Å²) in [6.07, 6.45) is 1.62. The number of aliphatic hydroxyl groups is 1. The zero-order valence-corrected chi connectivity index (χ0v) is 11.6. The molecule has 2 unspecified atom stereocenters. The Hall–Kier alpha value is -0.870. The summed E-state index contributed by atoms with van der Waals surface area (Å²) in [5.41, 5.74) is 3.50. The second-order valence-electron chi connectivity index (χ2n) is 4.78. The van der Waals surface area contributed by atoms with Gasteiger partial charge in [-0.15, -0.1) is 0 Å². The molecule has 0 bridgehead atoms. The lowest BCUT2D eigenvalue weighted by atomic mass is 10.1. The molecule has 0 aliphatic rings. The van der Waals surface area contributed by atoms with Crippen LogP contribution in [0.15, 0.2) is 0 Å². The Morgan fingerprint density at radius 3 is 2.53 bits per heavy atom. The number of hydrogen-bond donors (Lipinski definition) is 2. The zero-order valence-electron chi connectivity index (χ0n) is 11.6.